The van der Waals surface area contributed by atoms with Crippen LogP contribution < -0.4 is 10.6 Å². The Morgan fingerprint density at radius 2 is 2.16 bits per heavy atom. The fourth-order valence-electron chi connectivity index (χ4n) is 2.04. The van der Waals surface area contributed by atoms with Gasteiger partial charge in [-0.15, -0.1) is 0 Å². The zero-order valence-electron chi connectivity index (χ0n) is 12.8. The van der Waals surface area contributed by atoms with Crippen molar-refractivity contribution in [1.29, 1.82) is 0 Å². The molecule has 2 N–H and O–H groups in total. The summed E-state index contributed by atoms with van der Waals surface area (Å²) in [4.78, 5) is 11.6. The van der Waals surface area contributed by atoms with E-state index >= 15 is 0 Å². The van der Waals surface area contributed by atoms with Crippen molar-refractivity contribution in [2.24, 2.45) is 0 Å². The summed E-state index contributed by atoms with van der Waals surface area (Å²) in [6.45, 7) is 10.8. The highest BCUT2D eigenvalue weighted by atomic mass is 32.2. The van der Waals surface area contributed by atoms with Crippen LogP contribution in [0.2, 0.25) is 0 Å². The first-order valence-corrected chi connectivity index (χ1v) is 8.15. The summed E-state index contributed by atoms with van der Waals surface area (Å²) in [6, 6.07) is 0.766. The lowest BCUT2D eigenvalue weighted by Crippen LogP contribution is -2.40. The smallest absolute Gasteiger partial charge is 0.407 e. The molecule has 0 aromatic rings. The molecular formula is C14H28N2O2S. The van der Waals surface area contributed by atoms with Gasteiger partial charge < -0.3 is 15.4 Å². The van der Waals surface area contributed by atoms with Crippen molar-refractivity contribution in [3.63, 3.8) is 0 Å². The van der Waals surface area contributed by atoms with E-state index in [9.17, 15) is 4.79 Å². The molecule has 1 fully saturated rings. The van der Waals surface area contributed by atoms with Gasteiger partial charge in [0.25, 0.3) is 0 Å². The van der Waals surface area contributed by atoms with Crippen LogP contribution in [0.5, 0.6) is 0 Å². The van der Waals surface area contributed by atoms with Crippen molar-refractivity contribution in [2.75, 3.05) is 12.3 Å². The van der Waals surface area contributed by atoms with Crippen molar-refractivity contribution >= 4 is 17.9 Å². The number of hydrogen-bond donors (Lipinski definition) is 2. The van der Waals surface area contributed by atoms with E-state index < -0.39 is 5.60 Å². The largest absolute Gasteiger partial charge is 0.444 e. The molecule has 1 amide bonds. The van der Waals surface area contributed by atoms with Gasteiger partial charge >= 0.3 is 6.09 Å². The van der Waals surface area contributed by atoms with E-state index in [1.165, 1.54) is 12.2 Å². The SMILES string of the molecule is CC(CCNC1CSC(C)C1)NC(=O)OC(C)(C)C. The van der Waals surface area contributed by atoms with Gasteiger partial charge in [0.05, 0.1) is 0 Å². The predicted octanol–water partition coefficient (Wildman–Crippen LogP) is 2.77. The van der Waals surface area contributed by atoms with Crippen LogP contribution in [-0.2, 0) is 4.74 Å². The highest BCUT2D eigenvalue weighted by Gasteiger charge is 2.21. The number of rotatable bonds is 5. The molecule has 1 rings (SSSR count). The Labute approximate surface area is 121 Å². The molecular weight excluding hydrogens is 260 g/mol. The Kier molecular flexibility index (Phi) is 6.47. The second-order valence-corrected chi connectivity index (χ2v) is 7.84. The second-order valence-electron chi connectivity index (χ2n) is 6.37. The first-order valence-electron chi connectivity index (χ1n) is 7.11. The highest BCUT2D eigenvalue weighted by Crippen LogP contribution is 2.25. The minimum Gasteiger partial charge on any atom is -0.444 e. The summed E-state index contributed by atoms with van der Waals surface area (Å²) in [5, 5.41) is 7.19. The maximum absolute atomic E-state index is 11.6. The van der Waals surface area contributed by atoms with Gasteiger partial charge in [0.2, 0.25) is 0 Å². The van der Waals surface area contributed by atoms with Crippen LogP contribution in [-0.4, -0.2) is 41.3 Å². The Morgan fingerprint density at radius 1 is 1.47 bits per heavy atom. The maximum atomic E-state index is 11.6. The van der Waals surface area contributed by atoms with E-state index in [0.29, 0.717) is 6.04 Å². The number of alkyl carbamates (subject to hydrolysis) is 1. The fraction of sp³-hybridized carbons (Fsp3) is 0.929. The van der Waals surface area contributed by atoms with Gasteiger partial charge in [0, 0.05) is 23.1 Å². The van der Waals surface area contributed by atoms with Crippen molar-refractivity contribution in [3.05, 3.63) is 0 Å². The molecule has 0 bridgehead atoms. The molecule has 0 spiro atoms. The summed E-state index contributed by atoms with van der Waals surface area (Å²) in [5.74, 6) is 1.20. The van der Waals surface area contributed by atoms with E-state index in [4.69, 9.17) is 4.74 Å². The quantitative estimate of drug-likeness (QED) is 0.817. The lowest BCUT2D eigenvalue weighted by atomic mass is 10.2. The average Bonchev–Trinajstić information content (AvgIpc) is 2.60. The first kappa shape index (κ1) is 16.6. The number of amides is 1. The topological polar surface area (TPSA) is 50.4 Å². The highest BCUT2D eigenvalue weighted by molar-refractivity contribution is 8.00. The lowest BCUT2D eigenvalue weighted by Gasteiger charge is -2.22. The predicted molar refractivity (Wildman–Crippen MR) is 81.8 cm³/mol. The Hall–Kier alpha value is -0.420. The van der Waals surface area contributed by atoms with Gasteiger partial charge in [-0.05, 0) is 47.1 Å². The van der Waals surface area contributed by atoms with Gasteiger partial charge in [-0.3, -0.25) is 0 Å². The molecule has 0 saturated carbocycles. The molecule has 0 radical (unpaired) electrons. The molecule has 1 aliphatic rings. The van der Waals surface area contributed by atoms with Crippen LogP contribution in [0.1, 0.15) is 47.5 Å². The number of hydrogen-bond acceptors (Lipinski definition) is 4. The summed E-state index contributed by atoms with van der Waals surface area (Å²) in [7, 11) is 0. The zero-order chi connectivity index (χ0) is 14.5. The van der Waals surface area contributed by atoms with Crippen LogP contribution in [0.3, 0.4) is 0 Å². The maximum Gasteiger partial charge on any atom is 0.407 e. The molecule has 112 valence electrons. The van der Waals surface area contributed by atoms with Crippen LogP contribution in [0, 0.1) is 0 Å². The molecule has 4 nitrogen and oxygen atoms in total. The monoisotopic (exact) mass is 288 g/mol. The second kappa shape index (κ2) is 7.39. The van der Waals surface area contributed by atoms with Crippen molar-refractivity contribution in [3.8, 4) is 0 Å². The van der Waals surface area contributed by atoms with Gasteiger partial charge in [0.15, 0.2) is 0 Å². The van der Waals surface area contributed by atoms with Crippen LogP contribution in [0.15, 0.2) is 0 Å². The Bertz CT molecular complexity index is 292. The molecule has 1 aliphatic heterocycles. The molecule has 5 heteroatoms. The van der Waals surface area contributed by atoms with E-state index in [2.05, 4.69) is 17.6 Å². The van der Waals surface area contributed by atoms with E-state index in [1.54, 1.807) is 0 Å². The van der Waals surface area contributed by atoms with Crippen LogP contribution in [0.25, 0.3) is 0 Å². The van der Waals surface area contributed by atoms with Crippen molar-refractivity contribution < 1.29 is 9.53 Å². The summed E-state index contributed by atoms with van der Waals surface area (Å²) in [6.07, 6.45) is 1.85. The third-order valence-corrected chi connectivity index (χ3v) is 4.33. The summed E-state index contributed by atoms with van der Waals surface area (Å²) >= 11 is 2.03. The molecule has 1 heterocycles. The third-order valence-electron chi connectivity index (χ3n) is 2.97. The summed E-state index contributed by atoms with van der Waals surface area (Å²) < 4.78 is 5.23. The standard InChI is InChI=1S/C14H28N2O2S/c1-10(16-13(17)18-14(3,4)5)6-7-15-12-8-11(2)19-9-12/h10-12,15H,6-9H2,1-5H3,(H,16,17). The number of ether oxygens (including phenoxy) is 1. The Balaban J connectivity index is 2.10. The first-order chi connectivity index (χ1) is 8.76. The van der Waals surface area contributed by atoms with Gasteiger partial charge in [-0.25, -0.2) is 4.79 Å². The molecule has 19 heavy (non-hydrogen) atoms. The van der Waals surface area contributed by atoms with Gasteiger partial charge in [-0.1, -0.05) is 6.92 Å². The summed E-state index contributed by atoms with van der Waals surface area (Å²) in [5.41, 5.74) is -0.431. The number of nitrogens with one attached hydrogen (secondary N) is 2. The molecule has 0 aliphatic carbocycles. The number of carbonyl (C=O) groups excluding carboxylic acids is 1. The Morgan fingerprint density at radius 3 is 2.68 bits per heavy atom. The molecule has 3 atom stereocenters. The molecule has 1 saturated heterocycles. The molecule has 0 aromatic heterocycles. The van der Waals surface area contributed by atoms with Crippen LogP contribution >= 0.6 is 11.8 Å². The zero-order valence-corrected chi connectivity index (χ0v) is 13.6. The molecule has 0 aromatic carbocycles. The minimum atomic E-state index is -0.431. The van der Waals surface area contributed by atoms with E-state index in [1.807, 2.05) is 39.5 Å². The third kappa shape index (κ3) is 7.67. The average molecular weight is 288 g/mol. The minimum absolute atomic E-state index is 0.133. The number of carbonyl (C=O) groups is 1. The van der Waals surface area contributed by atoms with E-state index in [-0.39, 0.29) is 12.1 Å². The molecule has 3 unspecified atom stereocenters. The van der Waals surface area contributed by atoms with Crippen molar-refractivity contribution in [2.45, 2.75) is 70.4 Å². The lowest BCUT2D eigenvalue weighted by molar-refractivity contribution is 0.0506. The van der Waals surface area contributed by atoms with Crippen LogP contribution in [0.4, 0.5) is 4.79 Å². The van der Waals surface area contributed by atoms with Gasteiger partial charge in [-0.2, -0.15) is 11.8 Å². The fourth-order valence-corrected chi connectivity index (χ4v) is 3.23. The van der Waals surface area contributed by atoms with Crippen molar-refractivity contribution in [1.82, 2.24) is 10.6 Å². The van der Waals surface area contributed by atoms with Gasteiger partial charge in [0.1, 0.15) is 5.60 Å². The normalized spacial score (nSPS) is 25.1. The number of thioether (sulfide) groups is 1. The van der Waals surface area contributed by atoms with E-state index in [0.717, 1.165) is 18.2 Å².